The van der Waals surface area contributed by atoms with E-state index < -0.39 is 10.0 Å². The summed E-state index contributed by atoms with van der Waals surface area (Å²) in [5.74, 6) is 0. The zero-order chi connectivity index (χ0) is 9.31. The molecule has 1 saturated heterocycles. The lowest BCUT2D eigenvalue weighted by atomic mass is 10.5. The van der Waals surface area contributed by atoms with Crippen molar-refractivity contribution in [1.29, 1.82) is 0 Å². The summed E-state index contributed by atoms with van der Waals surface area (Å²) in [5.41, 5.74) is 0. The van der Waals surface area contributed by atoms with Gasteiger partial charge < -0.3 is 0 Å². The molecule has 0 radical (unpaired) electrons. The van der Waals surface area contributed by atoms with E-state index in [9.17, 15) is 8.42 Å². The van der Waals surface area contributed by atoms with Crippen molar-refractivity contribution in [3.05, 3.63) is 12.4 Å². The van der Waals surface area contributed by atoms with Crippen LogP contribution in [-0.2, 0) is 14.9 Å². The van der Waals surface area contributed by atoms with E-state index in [0.29, 0.717) is 13.2 Å². The number of nitrogens with one attached hydrogen (secondary N) is 1. The number of H-pyrrole nitrogens is 1. The Bertz CT molecular complexity index is 366. The molecule has 0 amide bonds. The minimum Gasteiger partial charge on any atom is -0.284 e. The molecule has 0 spiro atoms. The molecule has 2 rings (SSSR count). The average molecular weight is 203 g/mol. The van der Waals surface area contributed by atoms with Gasteiger partial charge in [-0.05, 0) is 6.42 Å². The normalized spacial score (nSPS) is 19.4. The predicted molar refractivity (Wildman–Crippen MR) is 43.0 cm³/mol. The molecule has 6 nitrogen and oxygen atoms in total. The molecule has 0 aliphatic carbocycles. The number of rotatable bonds is 2. The van der Waals surface area contributed by atoms with Gasteiger partial charge in [-0.3, -0.25) is 9.94 Å². The highest BCUT2D eigenvalue weighted by atomic mass is 32.2. The van der Waals surface area contributed by atoms with Gasteiger partial charge in [0.2, 0.25) is 0 Å². The summed E-state index contributed by atoms with van der Waals surface area (Å²) < 4.78 is 24.3. The lowest BCUT2D eigenvalue weighted by Crippen LogP contribution is -2.26. The lowest BCUT2D eigenvalue weighted by Gasteiger charge is -2.11. The third-order valence-corrected chi connectivity index (χ3v) is 3.40. The zero-order valence-corrected chi connectivity index (χ0v) is 7.62. The van der Waals surface area contributed by atoms with Crippen LogP contribution in [0.5, 0.6) is 0 Å². The van der Waals surface area contributed by atoms with Crippen LogP contribution in [0, 0.1) is 0 Å². The molecule has 0 bridgehead atoms. The van der Waals surface area contributed by atoms with Crippen LogP contribution in [-0.4, -0.2) is 36.2 Å². The largest absolute Gasteiger partial charge is 0.284 e. The van der Waals surface area contributed by atoms with E-state index in [1.165, 1.54) is 12.4 Å². The van der Waals surface area contributed by atoms with Gasteiger partial charge >= 0.3 is 0 Å². The summed E-state index contributed by atoms with van der Waals surface area (Å²) >= 11 is 0. The van der Waals surface area contributed by atoms with Gasteiger partial charge in [0, 0.05) is 12.7 Å². The highest BCUT2D eigenvalue weighted by molar-refractivity contribution is 7.89. The molecule has 2 heterocycles. The summed E-state index contributed by atoms with van der Waals surface area (Å²) in [6, 6.07) is 0. The molecule has 0 unspecified atom stereocenters. The van der Waals surface area contributed by atoms with Crippen molar-refractivity contribution in [1.82, 2.24) is 14.7 Å². The number of nitrogens with zero attached hydrogens (tertiary/aromatic N) is 2. The smallest absolute Gasteiger partial charge is 0.268 e. The lowest BCUT2D eigenvalue weighted by molar-refractivity contribution is -0.0284. The first-order valence-electron chi connectivity index (χ1n) is 3.86. The summed E-state index contributed by atoms with van der Waals surface area (Å²) in [6.45, 7) is 0.866. The van der Waals surface area contributed by atoms with Crippen molar-refractivity contribution < 1.29 is 13.3 Å². The van der Waals surface area contributed by atoms with Crippen LogP contribution in [0.25, 0.3) is 0 Å². The molecule has 13 heavy (non-hydrogen) atoms. The van der Waals surface area contributed by atoms with Crippen LogP contribution in [0.2, 0.25) is 0 Å². The van der Waals surface area contributed by atoms with E-state index in [2.05, 4.69) is 10.2 Å². The molecule has 0 aromatic carbocycles. The van der Waals surface area contributed by atoms with Gasteiger partial charge in [0.05, 0.1) is 12.8 Å². The molecular formula is C6H9N3O3S. The fourth-order valence-electron chi connectivity index (χ4n) is 1.11. The number of aromatic amines is 1. The molecular weight excluding hydrogens is 194 g/mol. The Hall–Kier alpha value is -0.920. The Morgan fingerprint density at radius 3 is 3.00 bits per heavy atom. The van der Waals surface area contributed by atoms with Crippen LogP contribution >= 0.6 is 0 Å². The number of hydrogen-bond donors (Lipinski definition) is 1. The quantitative estimate of drug-likeness (QED) is 0.718. The Morgan fingerprint density at radius 1 is 1.62 bits per heavy atom. The van der Waals surface area contributed by atoms with Crippen molar-refractivity contribution >= 4 is 10.0 Å². The first kappa shape index (κ1) is 8.67. The molecule has 0 atom stereocenters. The van der Waals surface area contributed by atoms with Gasteiger partial charge in [0.1, 0.15) is 4.90 Å². The van der Waals surface area contributed by atoms with Crippen LogP contribution in [0.15, 0.2) is 17.3 Å². The second-order valence-electron chi connectivity index (χ2n) is 2.65. The Labute approximate surface area is 75.5 Å². The maximum atomic E-state index is 11.6. The maximum Gasteiger partial charge on any atom is 0.268 e. The Balaban J connectivity index is 2.30. The van der Waals surface area contributed by atoms with Crippen molar-refractivity contribution in [2.24, 2.45) is 0 Å². The number of hydrogen-bond acceptors (Lipinski definition) is 4. The van der Waals surface area contributed by atoms with Crippen LogP contribution in [0.4, 0.5) is 0 Å². The highest BCUT2D eigenvalue weighted by Crippen LogP contribution is 2.17. The van der Waals surface area contributed by atoms with E-state index in [-0.39, 0.29) is 4.90 Å². The number of aromatic nitrogens is 2. The fraction of sp³-hybridized carbons (Fsp3) is 0.500. The number of hydroxylamine groups is 1. The highest BCUT2D eigenvalue weighted by Gasteiger charge is 2.29. The minimum atomic E-state index is -3.48. The second-order valence-corrected chi connectivity index (χ2v) is 4.48. The SMILES string of the molecule is O=S(=O)(c1cn[nH]c1)N1CCCO1. The third kappa shape index (κ3) is 1.45. The van der Waals surface area contributed by atoms with Gasteiger partial charge in [-0.25, -0.2) is 8.42 Å². The van der Waals surface area contributed by atoms with Crippen LogP contribution in [0.3, 0.4) is 0 Å². The van der Waals surface area contributed by atoms with Gasteiger partial charge in [0.25, 0.3) is 10.0 Å². The van der Waals surface area contributed by atoms with E-state index >= 15 is 0 Å². The zero-order valence-electron chi connectivity index (χ0n) is 6.80. The molecule has 1 aliphatic heterocycles. The summed E-state index contributed by atoms with van der Waals surface area (Å²) in [5, 5.41) is 6.02. The summed E-state index contributed by atoms with van der Waals surface area (Å²) in [4.78, 5) is 5.08. The van der Waals surface area contributed by atoms with E-state index in [4.69, 9.17) is 4.84 Å². The minimum absolute atomic E-state index is 0.134. The first-order chi connectivity index (χ1) is 6.21. The molecule has 1 aliphatic rings. The van der Waals surface area contributed by atoms with E-state index in [1.807, 2.05) is 0 Å². The van der Waals surface area contributed by atoms with Gasteiger partial charge in [-0.15, -0.1) is 0 Å². The summed E-state index contributed by atoms with van der Waals surface area (Å²) in [7, 11) is -3.48. The van der Waals surface area contributed by atoms with Gasteiger partial charge in [0.15, 0.2) is 0 Å². The summed E-state index contributed by atoms with van der Waals surface area (Å²) in [6.07, 6.45) is 3.32. The molecule has 0 saturated carbocycles. The maximum absolute atomic E-state index is 11.6. The van der Waals surface area contributed by atoms with E-state index in [1.54, 1.807) is 0 Å². The van der Waals surface area contributed by atoms with Crippen molar-refractivity contribution in [2.75, 3.05) is 13.2 Å². The Kier molecular flexibility index (Phi) is 2.06. The number of sulfonamides is 1. The van der Waals surface area contributed by atoms with Crippen LogP contribution < -0.4 is 0 Å². The molecule has 1 aromatic rings. The first-order valence-corrected chi connectivity index (χ1v) is 5.30. The molecule has 7 heteroatoms. The van der Waals surface area contributed by atoms with Crippen molar-refractivity contribution in [3.8, 4) is 0 Å². The Morgan fingerprint density at radius 2 is 2.46 bits per heavy atom. The third-order valence-electron chi connectivity index (χ3n) is 1.76. The van der Waals surface area contributed by atoms with Crippen molar-refractivity contribution in [3.63, 3.8) is 0 Å². The molecule has 72 valence electrons. The second kappa shape index (κ2) is 3.09. The van der Waals surface area contributed by atoms with Gasteiger partial charge in [-0.2, -0.15) is 5.10 Å². The fourth-order valence-corrected chi connectivity index (χ4v) is 2.32. The average Bonchev–Trinajstić information content (AvgIpc) is 2.78. The molecule has 1 aromatic heterocycles. The van der Waals surface area contributed by atoms with E-state index in [0.717, 1.165) is 10.9 Å². The predicted octanol–water partition coefficient (Wildman–Crippen LogP) is -0.264. The molecule has 1 N–H and O–H groups in total. The van der Waals surface area contributed by atoms with Crippen LogP contribution in [0.1, 0.15) is 6.42 Å². The molecule has 1 fully saturated rings. The van der Waals surface area contributed by atoms with Crippen molar-refractivity contribution in [2.45, 2.75) is 11.3 Å². The van der Waals surface area contributed by atoms with Gasteiger partial charge in [-0.1, -0.05) is 4.47 Å². The topological polar surface area (TPSA) is 75.3 Å². The monoisotopic (exact) mass is 203 g/mol. The standard InChI is InChI=1S/C6H9N3O3S/c10-13(11,6-4-7-8-5-6)9-2-1-3-12-9/h4-5H,1-3H2,(H,7,8).